The minimum absolute atomic E-state index is 0.429. The van der Waals surface area contributed by atoms with Gasteiger partial charge in [-0.3, -0.25) is 0 Å². The van der Waals surface area contributed by atoms with Crippen molar-refractivity contribution < 1.29 is 4.74 Å². The normalized spacial score (nSPS) is 20.3. The Balaban J connectivity index is 2.20. The molecule has 0 bridgehead atoms. The average Bonchev–Trinajstić information content (AvgIpc) is 2.87. The number of ether oxygens (including phenoxy) is 1. The molecule has 0 aromatic heterocycles. The predicted octanol–water partition coefficient (Wildman–Crippen LogP) is 4.22. The fourth-order valence-corrected chi connectivity index (χ4v) is 3.46. The highest BCUT2D eigenvalue weighted by Crippen LogP contribution is 2.30. The van der Waals surface area contributed by atoms with Gasteiger partial charge in [-0.1, -0.05) is 24.6 Å². The van der Waals surface area contributed by atoms with E-state index < -0.39 is 0 Å². The first-order chi connectivity index (χ1) is 9.61. The van der Waals surface area contributed by atoms with Crippen molar-refractivity contribution in [2.45, 2.75) is 65.5 Å². The third kappa shape index (κ3) is 3.83. The lowest BCUT2D eigenvalue weighted by Gasteiger charge is -2.26. The van der Waals surface area contributed by atoms with Crippen LogP contribution in [0.15, 0.2) is 12.1 Å². The molecule has 0 saturated carbocycles. The summed E-state index contributed by atoms with van der Waals surface area (Å²) >= 11 is 0. The number of nitrogens with one attached hydrogen (secondary N) is 1. The SMILES string of the molecule is CCCNC(CC1CCCO1)c1c(C)cc(C)cc1C. The van der Waals surface area contributed by atoms with Crippen LogP contribution >= 0.6 is 0 Å². The number of hydrogen-bond donors (Lipinski definition) is 1. The fourth-order valence-electron chi connectivity index (χ4n) is 3.46. The zero-order chi connectivity index (χ0) is 14.5. The molecular weight excluding hydrogens is 246 g/mol. The molecule has 2 nitrogen and oxygen atoms in total. The maximum atomic E-state index is 5.85. The number of rotatable bonds is 6. The Morgan fingerprint density at radius 1 is 1.25 bits per heavy atom. The van der Waals surface area contributed by atoms with Crippen molar-refractivity contribution in [1.82, 2.24) is 5.32 Å². The zero-order valence-electron chi connectivity index (χ0n) is 13.5. The average molecular weight is 275 g/mol. The van der Waals surface area contributed by atoms with Crippen LogP contribution in [0, 0.1) is 20.8 Å². The van der Waals surface area contributed by atoms with Gasteiger partial charge < -0.3 is 10.1 Å². The van der Waals surface area contributed by atoms with Gasteiger partial charge >= 0.3 is 0 Å². The fraction of sp³-hybridized carbons (Fsp3) is 0.667. The van der Waals surface area contributed by atoms with E-state index in [0.29, 0.717) is 12.1 Å². The number of aryl methyl sites for hydroxylation is 3. The summed E-state index contributed by atoms with van der Waals surface area (Å²) in [5.41, 5.74) is 5.66. The van der Waals surface area contributed by atoms with Crippen LogP contribution in [-0.2, 0) is 4.74 Å². The Hall–Kier alpha value is -0.860. The van der Waals surface area contributed by atoms with E-state index in [-0.39, 0.29) is 0 Å². The van der Waals surface area contributed by atoms with Gasteiger partial charge in [-0.25, -0.2) is 0 Å². The summed E-state index contributed by atoms with van der Waals surface area (Å²) < 4.78 is 5.85. The first-order valence-corrected chi connectivity index (χ1v) is 8.04. The summed E-state index contributed by atoms with van der Waals surface area (Å²) in [6.07, 6.45) is 5.15. The lowest BCUT2D eigenvalue weighted by molar-refractivity contribution is 0.0944. The van der Waals surface area contributed by atoms with E-state index in [9.17, 15) is 0 Å². The molecular formula is C18H29NO. The van der Waals surface area contributed by atoms with Crippen molar-refractivity contribution in [1.29, 1.82) is 0 Å². The van der Waals surface area contributed by atoms with Gasteiger partial charge in [-0.2, -0.15) is 0 Å². The van der Waals surface area contributed by atoms with Crippen LogP contribution in [0.2, 0.25) is 0 Å². The second-order valence-corrected chi connectivity index (χ2v) is 6.19. The van der Waals surface area contributed by atoms with Gasteiger partial charge in [-0.15, -0.1) is 0 Å². The van der Waals surface area contributed by atoms with Gasteiger partial charge in [0.05, 0.1) is 6.10 Å². The van der Waals surface area contributed by atoms with E-state index in [2.05, 4.69) is 45.1 Å². The molecule has 2 rings (SSSR count). The van der Waals surface area contributed by atoms with Crippen molar-refractivity contribution >= 4 is 0 Å². The summed E-state index contributed by atoms with van der Waals surface area (Å²) in [6, 6.07) is 5.04. The minimum atomic E-state index is 0.429. The Kier molecular flexibility index (Phi) is 5.62. The lowest BCUT2D eigenvalue weighted by atomic mass is 9.90. The summed E-state index contributed by atoms with van der Waals surface area (Å²) in [5.74, 6) is 0. The molecule has 1 aliphatic heterocycles. The van der Waals surface area contributed by atoms with Crippen LogP contribution in [-0.4, -0.2) is 19.3 Å². The van der Waals surface area contributed by atoms with E-state index in [1.54, 1.807) is 0 Å². The summed E-state index contributed by atoms with van der Waals surface area (Å²) in [6.45, 7) is 10.9. The van der Waals surface area contributed by atoms with Gasteiger partial charge in [0, 0.05) is 12.6 Å². The zero-order valence-corrected chi connectivity index (χ0v) is 13.5. The Morgan fingerprint density at radius 2 is 1.95 bits per heavy atom. The molecule has 1 aromatic carbocycles. The molecule has 2 heteroatoms. The van der Waals surface area contributed by atoms with Gasteiger partial charge in [0.25, 0.3) is 0 Å². The van der Waals surface area contributed by atoms with Crippen molar-refractivity contribution in [3.63, 3.8) is 0 Å². The molecule has 0 amide bonds. The predicted molar refractivity (Wildman–Crippen MR) is 85.3 cm³/mol. The molecule has 1 heterocycles. The highest BCUT2D eigenvalue weighted by atomic mass is 16.5. The van der Waals surface area contributed by atoms with Crippen molar-refractivity contribution in [2.75, 3.05) is 13.2 Å². The second-order valence-electron chi connectivity index (χ2n) is 6.19. The van der Waals surface area contributed by atoms with Crippen LogP contribution in [0.4, 0.5) is 0 Å². The highest BCUT2D eigenvalue weighted by Gasteiger charge is 2.23. The van der Waals surface area contributed by atoms with Crippen molar-refractivity contribution in [3.8, 4) is 0 Å². The number of benzene rings is 1. The van der Waals surface area contributed by atoms with E-state index in [4.69, 9.17) is 4.74 Å². The van der Waals surface area contributed by atoms with Crippen LogP contribution in [0.5, 0.6) is 0 Å². The molecule has 112 valence electrons. The van der Waals surface area contributed by atoms with Crippen molar-refractivity contribution in [2.24, 2.45) is 0 Å². The van der Waals surface area contributed by atoms with E-state index in [1.165, 1.54) is 41.5 Å². The monoisotopic (exact) mass is 275 g/mol. The van der Waals surface area contributed by atoms with Crippen LogP contribution < -0.4 is 5.32 Å². The Morgan fingerprint density at radius 3 is 2.50 bits per heavy atom. The van der Waals surface area contributed by atoms with Crippen LogP contribution in [0.25, 0.3) is 0 Å². The summed E-state index contributed by atoms with van der Waals surface area (Å²) in [5, 5.41) is 3.73. The van der Waals surface area contributed by atoms with E-state index >= 15 is 0 Å². The van der Waals surface area contributed by atoms with Gasteiger partial charge in [0.15, 0.2) is 0 Å². The molecule has 1 aliphatic rings. The largest absolute Gasteiger partial charge is 0.378 e. The lowest BCUT2D eigenvalue weighted by Crippen LogP contribution is -2.27. The molecule has 1 aromatic rings. The Bertz CT molecular complexity index is 412. The highest BCUT2D eigenvalue weighted by molar-refractivity contribution is 5.39. The minimum Gasteiger partial charge on any atom is -0.378 e. The number of hydrogen-bond acceptors (Lipinski definition) is 2. The maximum absolute atomic E-state index is 5.85. The first-order valence-electron chi connectivity index (χ1n) is 8.04. The smallest absolute Gasteiger partial charge is 0.0594 e. The maximum Gasteiger partial charge on any atom is 0.0594 e. The van der Waals surface area contributed by atoms with E-state index in [1.807, 2.05) is 0 Å². The molecule has 0 spiro atoms. The third-order valence-electron chi connectivity index (χ3n) is 4.25. The van der Waals surface area contributed by atoms with Gasteiger partial charge in [0.1, 0.15) is 0 Å². The van der Waals surface area contributed by atoms with Crippen LogP contribution in [0.1, 0.15) is 60.9 Å². The topological polar surface area (TPSA) is 21.3 Å². The first kappa shape index (κ1) is 15.5. The van der Waals surface area contributed by atoms with E-state index in [0.717, 1.165) is 19.6 Å². The summed E-state index contributed by atoms with van der Waals surface area (Å²) in [7, 11) is 0. The molecule has 0 aliphatic carbocycles. The van der Waals surface area contributed by atoms with Crippen LogP contribution in [0.3, 0.4) is 0 Å². The molecule has 1 N–H and O–H groups in total. The standard InChI is InChI=1S/C18H29NO/c1-5-8-19-17(12-16-7-6-9-20-16)18-14(3)10-13(2)11-15(18)4/h10-11,16-17,19H,5-9,12H2,1-4H3. The summed E-state index contributed by atoms with van der Waals surface area (Å²) in [4.78, 5) is 0. The van der Waals surface area contributed by atoms with Crippen molar-refractivity contribution in [3.05, 3.63) is 34.4 Å². The third-order valence-corrected chi connectivity index (χ3v) is 4.25. The van der Waals surface area contributed by atoms with Gasteiger partial charge in [0.2, 0.25) is 0 Å². The molecule has 2 atom stereocenters. The molecule has 1 fully saturated rings. The molecule has 1 saturated heterocycles. The second kappa shape index (κ2) is 7.24. The van der Waals surface area contributed by atoms with Gasteiger partial charge in [-0.05, 0) is 69.7 Å². The quantitative estimate of drug-likeness (QED) is 0.839. The Labute approximate surface area is 123 Å². The molecule has 2 unspecified atom stereocenters. The molecule has 20 heavy (non-hydrogen) atoms. The molecule has 0 radical (unpaired) electrons.